The zero-order valence-electron chi connectivity index (χ0n) is 8.62. The van der Waals surface area contributed by atoms with Gasteiger partial charge in [-0.3, -0.25) is 4.79 Å². The largest absolute Gasteiger partial charge is 0.388 e. The number of β-amino-alcohol motifs (C(OH)–C–C–N with tert-alkyl or cyclic N) is 1. The van der Waals surface area contributed by atoms with Gasteiger partial charge < -0.3 is 15.3 Å². The Morgan fingerprint density at radius 3 is 3.00 bits per heavy atom. The summed E-state index contributed by atoms with van der Waals surface area (Å²) < 4.78 is 0. The van der Waals surface area contributed by atoms with Crippen LogP contribution < -0.4 is 5.32 Å². The first-order chi connectivity index (χ1) is 6.55. The number of carbonyl (C=O) groups is 1. The summed E-state index contributed by atoms with van der Waals surface area (Å²) in [6.07, 6.45) is 2.38. The monoisotopic (exact) mass is 198 g/mol. The number of rotatable bonds is 4. The minimum atomic E-state index is -0.700. The molecule has 4 nitrogen and oxygen atoms in total. The van der Waals surface area contributed by atoms with Crippen molar-refractivity contribution in [2.45, 2.75) is 18.9 Å². The number of aliphatic hydroxyl groups is 1. The van der Waals surface area contributed by atoms with Gasteiger partial charge >= 0.3 is 0 Å². The predicted molar refractivity (Wildman–Crippen MR) is 54.9 cm³/mol. The molecule has 1 heterocycles. The number of likely N-dealkylation sites (tertiary alicyclic amines) is 1. The minimum Gasteiger partial charge on any atom is -0.388 e. The summed E-state index contributed by atoms with van der Waals surface area (Å²) in [5.74, 6) is 0.0459. The van der Waals surface area contributed by atoms with E-state index in [1.54, 1.807) is 17.9 Å². The Morgan fingerprint density at radius 2 is 2.50 bits per heavy atom. The lowest BCUT2D eigenvalue weighted by molar-refractivity contribution is -0.130. The first kappa shape index (κ1) is 11.2. The van der Waals surface area contributed by atoms with E-state index in [9.17, 15) is 9.90 Å². The van der Waals surface area contributed by atoms with Gasteiger partial charge in [-0.1, -0.05) is 6.08 Å². The third-order valence-corrected chi connectivity index (χ3v) is 2.37. The molecule has 1 aliphatic rings. The molecule has 4 heteroatoms. The van der Waals surface area contributed by atoms with Crippen molar-refractivity contribution in [1.29, 1.82) is 0 Å². The fourth-order valence-electron chi connectivity index (χ4n) is 1.55. The fourth-order valence-corrected chi connectivity index (χ4v) is 1.55. The van der Waals surface area contributed by atoms with Gasteiger partial charge in [0.05, 0.1) is 12.1 Å². The van der Waals surface area contributed by atoms with Crippen LogP contribution in [0.2, 0.25) is 0 Å². The number of hydrogen-bond donors (Lipinski definition) is 2. The van der Waals surface area contributed by atoms with E-state index in [1.807, 2.05) is 0 Å². The molecule has 0 aromatic carbocycles. The van der Waals surface area contributed by atoms with Crippen molar-refractivity contribution in [2.24, 2.45) is 0 Å². The van der Waals surface area contributed by atoms with Gasteiger partial charge in [-0.15, -0.1) is 6.58 Å². The number of nitrogens with one attached hydrogen (secondary N) is 1. The van der Waals surface area contributed by atoms with E-state index in [0.717, 1.165) is 0 Å². The van der Waals surface area contributed by atoms with E-state index in [-0.39, 0.29) is 5.91 Å². The minimum absolute atomic E-state index is 0.0459. The second-order valence-electron chi connectivity index (χ2n) is 3.98. The maximum atomic E-state index is 11.5. The molecule has 0 bridgehead atoms. The van der Waals surface area contributed by atoms with Crippen molar-refractivity contribution >= 4 is 5.91 Å². The molecule has 80 valence electrons. The van der Waals surface area contributed by atoms with Crippen LogP contribution in [0.1, 0.15) is 13.3 Å². The number of amides is 1. The van der Waals surface area contributed by atoms with Crippen LogP contribution in [0, 0.1) is 0 Å². The van der Waals surface area contributed by atoms with Crippen LogP contribution >= 0.6 is 0 Å². The lowest BCUT2D eigenvalue weighted by atomic mass is 10.1. The second-order valence-corrected chi connectivity index (χ2v) is 3.98. The molecular formula is C10H18N2O2. The quantitative estimate of drug-likeness (QED) is 0.483. The number of hydrogen-bond acceptors (Lipinski definition) is 3. The maximum absolute atomic E-state index is 11.5. The highest BCUT2D eigenvalue weighted by atomic mass is 16.3. The van der Waals surface area contributed by atoms with Crippen molar-refractivity contribution in [3.63, 3.8) is 0 Å². The molecule has 1 atom stereocenters. The summed E-state index contributed by atoms with van der Waals surface area (Å²) >= 11 is 0. The highest BCUT2D eigenvalue weighted by Gasteiger charge is 2.33. The first-order valence-corrected chi connectivity index (χ1v) is 4.87. The van der Waals surface area contributed by atoms with Crippen molar-refractivity contribution in [2.75, 3.05) is 26.2 Å². The van der Waals surface area contributed by atoms with E-state index < -0.39 is 5.60 Å². The lowest BCUT2D eigenvalue weighted by Gasteiger charge is -2.18. The van der Waals surface area contributed by atoms with Gasteiger partial charge in [-0.25, -0.2) is 0 Å². The zero-order chi connectivity index (χ0) is 10.6. The average Bonchev–Trinajstić information content (AvgIpc) is 2.46. The fraction of sp³-hybridized carbons (Fsp3) is 0.700. The molecule has 1 amide bonds. The molecule has 0 spiro atoms. The summed E-state index contributed by atoms with van der Waals surface area (Å²) in [6, 6.07) is 0. The van der Waals surface area contributed by atoms with E-state index in [0.29, 0.717) is 32.6 Å². The SMILES string of the molecule is C=CCNCC(=O)N1CCC(C)(O)C1. The summed E-state index contributed by atoms with van der Waals surface area (Å²) in [5.41, 5.74) is -0.700. The van der Waals surface area contributed by atoms with Crippen molar-refractivity contribution in [3.05, 3.63) is 12.7 Å². The molecule has 1 saturated heterocycles. The standard InChI is InChI=1S/C10H18N2O2/c1-3-5-11-7-9(13)12-6-4-10(2,14)8-12/h3,11,14H,1,4-8H2,2H3. The van der Waals surface area contributed by atoms with Crippen LogP contribution in [-0.2, 0) is 4.79 Å². The van der Waals surface area contributed by atoms with Crippen molar-refractivity contribution < 1.29 is 9.90 Å². The zero-order valence-corrected chi connectivity index (χ0v) is 8.62. The highest BCUT2D eigenvalue weighted by molar-refractivity contribution is 5.78. The Labute approximate surface area is 84.6 Å². The van der Waals surface area contributed by atoms with Crippen LogP contribution in [0.15, 0.2) is 12.7 Å². The van der Waals surface area contributed by atoms with Crippen molar-refractivity contribution in [3.8, 4) is 0 Å². The van der Waals surface area contributed by atoms with Gasteiger partial charge in [0.15, 0.2) is 0 Å². The molecule has 1 rings (SSSR count). The third-order valence-electron chi connectivity index (χ3n) is 2.37. The highest BCUT2D eigenvalue weighted by Crippen LogP contribution is 2.19. The van der Waals surface area contributed by atoms with Gasteiger partial charge in [-0.05, 0) is 13.3 Å². The lowest BCUT2D eigenvalue weighted by Crippen LogP contribution is -2.39. The van der Waals surface area contributed by atoms with Gasteiger partial charge in [0.25, 0.3) is 0 Å². The third kappa shape index (κ3) is 3.12. The molecule has 0 aromatic heterocycles. The summed E-state index contributed by atoms with van der Waals surface area (Å²) in [7, 11) is 0. The van der Waals surface area contributed by atoms with Crippen LogP contribution in [-0.4, -0.2) is 47.7 Å². The second kappa shape index (κ2) is 4.57. The van der Waals surface area contributed by atoms with Crippen LogP contribution in [0.25, 0.3) is 0 Å². The Bertz CT molecular complexity index is 226. The van der Waals surface area contributed by atoms with Gasteiger partial charge in [0, 0.05) is 19.6 Å². The van der Waals surface area contributed by atoms with Crippen molar-refractivity contribution in [1.82, 2.24) is 10.2 Å². The summed E-state index contributed by atoms with van der Waals surface area (Å²) in [6.45, 7) is 7.37. The van der Waals surface area contributed by atoms with Gasteiger partial charge in [0.1, 0.15) is 0 Å². The topological polar surface area (TPSA) is 52.6 Å². The molecule has 14 heavy (non-hydrogen) atoms. The number of nitrogens with zero attached hydrogens (tertiary/aromatic N) is 1. The molecule has 0 aromatic rings. The van der Waals surface area contributed by atoms with E-state index in [2.05, 4.69) is 11.9 Å². The normalized spacial score (nSPS) is 26.6. The first-order valence-electron chi connectivity index (χ1n) is 4.87. The Morgan fingerprint density at radius 1 is 1.79 bits per heavy atom. The summed E-state index contributed by atoms with van der Waals surface area (Å²) in [4.78, 5) is 13.2. The molecule has 0 aliphatic carbocycles. The summed E-state index contributed by atoms with van der Waals surface area (Å²) in [5, 5.41) is 12.6. The van der Waals surface area contributed by atoms with Crippen LogP contribution in [0.5, 0.6) is 0 Å². The van der Waals surface area contributed by atoms with E-state index in [1.165, 1.54) is 0 Å². The molecule has 1 unspecified atom stereocenters. The van der Waals surface area contributed by atoms with Gasteiger partial charge in [0.2, 0.25) is 5.91 Å². The predicted octanol–water partition coefficient (Wildman–Crippen LogP) is -0.255. The number of carbonyl (C=O) groups excluding carboxylic acids is 1. The maximum Gasteiger partial charge on any atom is 0.236 e. The molecule has 1 aliphatic heterocycles. The van der Waals surface area contributed by atoms with Crippen LogP contribution in [0.4, 0.5) is 0 Å². The Kier molecular flexibility index (Phi) is 3.66. The molecular weight excluding hydrogens is 180 g/mol. The van der Waals surface area contributed by atoms with Gasteiger partial charge in [-0.2, -0.15) is 0 Å². The van der Waals surface area contributed by atoms with E-state index in [4.69, 9.17) is 0 Å². The molecule has 2 N–H and O–H groups in total. The Hall–Kier alpha value is -0.870. The van der Waals surface area contributed by atoms with E-state index >= 15 is 0 Å². The smallest absolute Gasteiger partial charge is 0.236 e. The average molecular weight is 198 g/mol. The van der Waals surface area contributed by atoms with Crippen LogP contribution in [0.3, 0.4) is 0 Å². The molecule has 0 saturated carbocycles. The molecule has 0 radical (unpaired) electrons. The molecule has 1 fully saturated rings. The Balaban J connectivity index is 2.29.